The zero-order valence-corrected chi connectivity index (χ0v) is 17.2. The van der Waals surface area contributed by atoms with Crippen molar-refractivity contribution < 1.29 is 23.8 Å². The molecule has 0 saturated carbocycles. The van der Waals surface area contributed by atoms with Crippen molar-refractivity contribution in [1.82, 2.24) is 0 Å². The number of carbonyl (C=O) groups is 2. The largest absolute Gasteiger partial charge is 0.493 e. The number of amides is 1. The van der Waals surface area contributed by atoms with Crippen molar-refractivity contribution >= 4 is 35.2 Å². The van der Waals surface area contributed by atoms with E-state index in [1.165, 1.54) is 20.3 Å². The molecular weight excluding hydrogens is 394 g/mol. The van der Waals surface area contributed by atoms with Crippen LogP contribution in [0.25, 0.3) is 6.08 Å². The minimum atomic E-state index is -0.896. The first-order chi connectivity index (χ1) is 13.9. The SMILES string of the molecule is COc1cc(/C=C/C(=O)O[C@@H](C)C(=O)N2CCc3ccccc32)cc(Cl)c1OC. The molecule has 1 aliphatic rings. The summed E-state index contributed by atoms with van der Waals surface area (Å²) < 4.78 is 15.7. The summed E-state index contributed by atoms with van der Waals surface area (Å²) in [5.74, 6) is -0.00151. The second kappa shape index (κ2) is 9.01. The molecule has 0 fully saturated rings. The number of hydrogen-bond donors (Lipinski definition) is 0. The number of hydrogen-bond acceptors (Lipinski definition) is 5. The van der Waals surface area contributed by atoms with Gasteiger partial charge in [0.1, 0.15) is 0 Å². The van der Waals surface area contributed by atoms with Gasteiger partial charge in [-0.05, 0) is 48.7 Å². The lowest BCUT2D eigenvalue weighted by Crippen LogP contribution is -2.38. The van der Waals surface area contributed by atoms with Crippen molar-refractivity contribution in [3.05, 3.63) is 58.6 Å². The van der Waals surface area contributed by atoms with Crippen LogP contribution in [-0.2, 0) is 20.7 Å². The number of esters is 1. The highest BCUT2D eigenvalue weighted by Crippen LogP contribution is 2.36. The Hall–Kier alpha value is -2.99. The molecule has 1 heterocycles. The minimum Gasteiger partial charge on any atom is -0.493 e. The third-order valence-electron chi connectivity index (χ3n) is 4.66. The Balaban J connectivity index is 1.65. The molecule has 1 atom stereocenters. The smallest absolute Gasteiger partial charge is 0.331 e. The predicted molar refractivity (Wildman–Crippen MR) is 112 cm³/mol. The molecule has 0 unspecified atom stereocenters. The maximum absolute atomic E-state index is 12.7. The van der Waals surface area contributed by atoms with E-state index in [0.29, 0.717) is 28.6 Å². The second-order valence-electron chi connectivity index (χ2n) is 6.52. The van der Waals surface area contributed by atoms with Gasteiger partial charge in [0, 0.05) is 18.3 Å². The normalized spacial score (nSPS) is 13.9. The van der Waals surface area contributed by atoms with Crippen molar-refractivity contribution in [1.29, 1.82) is 0 Å². The summed E-state index contributed by atoms with van der Waals surface area (Å²) in [5.41, 5.74) is 2.62. The van der Waals surface area contributed by atoms with Crippen LogP contribution in [0.2, 0.25) is 5.02 Å². The van der Waals surface area contributed by atoms with E-state index in [4.69, 9.17) is 25.8 Å². The summed E-state index contributed by atoms with van der Waals surface area (Å²) in [5, 5.41) is 0.358. The Bertz CT molecular complexity index is 956. The number of methoxy groups -OCH3 is 2. The molecule has 2 aromatic carbocycles. The van der Waals surface area contributed by atoms with Gasteiger partial charge in [0.05, 0.1) is 19.2 Å². The van der Waals surface area contributed by atoms with E-state index in [0.717, 1.165) is 17.7 Å². The van der Waals surface area contributed by atoms with Crippen LogP contribution in [-0.4, -0.2) is 38.7 Å². The first kappa shape index (κ1) is 20.7. The number of anilines is 1. The van der Waals surface area contributed by atoms with Crippen molar-refractivity contribution in [2.24, 2.45) is 0 Å². The van der Waals surface area contributed by atoms with Gasteiger partial charge in [-0.3, -0.25) is 4.79 Å². The molecule has 0 aliphatic carbocycles. The molecule has 0 radical (unpaired) electrons. The zero-order chi connectivity index (χ0) is 21.0. The van der Waals surface area contributed by atoms with Crippen LogP contribution in [0.15, 0.2) is 42.5 Å². The lowest BCUT2D eigenvalue weighted by atomic mass is 10.2. The van der Waals surface area contributed by atoms with Crippen molar-refractivity contribution in [3.8, 4) is 11.5 Å². The standard InChI is InChI=1S/C22H22ClNO5/c1-14(22(26)24-11-10-16-6-4-5-7-18(16)24)29-20(25)9-8-15-12-17(23)21(28-3)19(13-15)27-2/h4-9,12-14H,10-11H2,1-3H3/b9-8+/t14-/m0/s1. The molecule has 0 bridgehead atoms. The van der Waals surface area contributed by atoms with Crippen LogP contribution in [0.3, 0.4) is 0 Å². The number of benzene rings is 2. The summed E-state index contributed by atoms with van der Waals surface area (Å²) in [6, 6.07) is 11.1. The van der Waals surface area contributed by atoms with E-state index in [1.807, 2.05) is 24.3 Å². The van der Waals surface area contributed by atoms with Gasteiger partial charge >= 0.3 is 5.97 Å². The number of carbonyl (C=O) groups excluding carboxylic acids is 2. The monoisotopic (exact) mass is 415 g/mol. The molecule has 7 heteroatoms. The van der Waals surface area contributed by atoms with Gasteiger partial charge in [0.15, 0.2) is 17.6 Å². The van der Waals surface area contributed by atoms with Crippen LogP contribution in [0.1, 0.15) is 18.1 Å². The van der Waals surface area contributed by atoms with Gasteiger partial charge in [0.25, 0.3) is 5.91 Å². The topological polar surface area (TPSA) is 65.1 Å². The molecule has 0 spiro atoms. The maximum Gasteiger partial charge on any atom is 0.331 e. The van der Waals surface area contributed by atoms with Gasteiger partial charge < -0.3 is 19.1 Å². The van der Waals surface area contributed by atoms with Gasteiger partial charge in [-0.15, -0.1) is 0 Å². The lowest BCUT2D eigenvalue weighted by Gasteiger charge is -2.21. The summed E-state index contributed by atoms with van der Waals surface area (Å²) in [6.45, 7) is 2.16. The van der Waals surface area contributed by atoms with E-state index in [-0.39, 0.29) is 5.91 Å². The average Bonchev–Trinajstić information content (AvgIpc) is 3.15. The van der Waals surface area contributed by atoms with Crippen LogP contribution < -0.4 is 14.4 Å². The van der Waals surface area contributed by atoms with Crippen LogP contribution in [0, 0.1) is 0 Å². The van der Waals surface area contributed by atoms with E-state index in [1.54, 1.807) is 30.0 Å². The summed E-state index contributed by atoms with van der Waals surface area (Å²) >= 11 is 6.16. The summed E-state index contributed by atoms with van der Waals surface area (Å²) in [4.78, 5) is 26.5. The first-order valence-electron chi connectivity index (χ1n) is 9.14. The molecular formula is C22H22ClNO5. The first-order valence-corrected chi connectivity index (χ1v) is 9.52. The molecule has 1 aliphatic heterocycles. The summed E-state index contributed by atoms with van der Waals surface area (Å²) in [7, 11) is 2.99. The predicted octanol–water partition coefficient (Wildman–Crippen LogP) is 3.89. The number of rotatable bonds is 6. The number of nitrogens with zero attached hydrogens (tertiary/aromatic N) is 1. The molecule has 0 N–H and O–H groups in total. The highest BCUT2D eigenvalue weighted by molar-refractivity contribution is 6.32. The Labute approximate surface area is 174 Å². The average molecular weight is 416 g/mol. The van der Waals surface area contributed by atoms with Crippen LogP contribution in [0.4, 0.5) is 5.69 Å². The van der Waals surface area contributed by atoms with Gasteiger partial charge in [-0.25, -0.2) is 4.79 Å². The third-order valence-corrected chi connectivity index (χ3v) is 4.94. The second-order valence-corrected chi connectivity index (χ2v) is 6.93. The van der Waals surface area contributed by atoms with E-state index in [2.05, 4.69) is 0 Å². The Morgan fingerprint density at radius 2 is 1.93 bits per heavy atom. The fraction of sp³-hybridized carbons (Fsp3) is 0.273. The van der Waals surface area contributed by atoms with Gasteiger partial charge in [-0.2, -0.15) is 0 Å². The Morgan fingerprint density at radius 1 is 1.17 bits per heavy atom. The fourth-order valence-electron chi connectivity index (χ4n) is 3.25. The van der Waals surface area contributed by atoms with Crippen molar-refractivity contribution in [2.45, 2.75) is 19.4 Å². The van der Waals surface area contributed by atoms with Gasteiger partial charge in [-0.1, -0.05) is 29.8 Å². The van der Waals surface area contributed by atoms with E-state index in [9.17, 15) is 9.59 Å². The molecule has 29 heavy (non-hydrogen) atoms. The Kier molecular flexibility index (Phi) is 6.44. The third kappa shape index (κ3) is 4.54. The summed E-state index contributed by atoms with van der Waals surface area (Å²) in [6.07, 6.45) is 2.69. The van der Waals surface area contributed by atoms with Crippen LogP contribution >= 0.6 is 11.6 Å². The zero-order valence-electron chi connectivity index (χ0n) is 16.5. The van der Waals surface area contributed by atoms with E-state index < -0.39 is 12.1 Å². The van der Waals surface area contributed by atoms with Crippen LogP contribution in [0.5, 0.6) is 11.5 Å². The quantitative estimate of drug-likeness (QED) is 0.529. The number of halogens is 1. The van der Waals surface area contributed by atoms with Crippen molar-refractivity contribution in [3.63, 3.8) is 0 Å². The Morgan fingerprint density at radius 3 is 2.66 bits per heavy atom. The number of para-hydroxylation sites is 1. The highest BCUT2D eigenvalue weighted by atomic mass is 35.5. The van der Waals surface area contributed by atoms with E-state index >= 15 is 0 Å². The molecule has 0 saturated heterocycles. The lowest BCUT2D eigenvalue weighted by molar-refractivity contribution is -0.149. The molecule has 152 valence electrons. The van der Waals surface area contributed by atoms with Crippen molar-refractivity contribution in [2.75, 3.05) is 25.7 Å². The number of ether oxygens (including phenoxy) is 3. The fourth-order valence-corrected chi connectivity index (χ4v) is 3.55. The van der Waals surface area contributed by atoms with Gasteiger partial charge in [0.2, 0.25) is 0 Å². The highest BCUT2D eigenvalue weighted by Gasteiger charge is 2.29. The minimum absolute atomic E-state index is 0.245. The molecule has 3 rings (SSSR count). The maximum atomic E-state index is 12.7. The molecule has 6 nitrogen and oxygen atoms in total. The number of fused-ring (bicyclic) bond motifs is 1. The molecule has 1 amide bonds. The molecule has 2 aromatic rings. The molecule has 0 aromatic heterocycles.